The van der Waals surface area contributed by atoms with Crippen LogP contribution in [0.5, 0.6) is 0 Å². The molecular formula is C20H29N3O2S. The maximum Gasteiger partial charge on any atom is 0.149 e. The second kappa shape index (κ2) is 8.62. The van der Waals surface area contributed by atoms with Crippen LogP contribution in [0.2, 0.25) is 0 Å². The maximum absolute atomic E-state index is 11.4. The van der Waals surface area contributed by atoms with Gasteiger partial charge in [0.2, 0.25) is 0 Å². The first-order valence-electron chi connectivity index (χ1n) is 8.95. The van der Waals surface area contributed by atoms with Crippen LogP contribution in [-0.2, 0) is 16.4 Å². The van der Waals surface area contributed by atoms with Gasteiger partial charge in [-0.05, 0) is 32.3 Å². The van der Waals surface area contributed by atoms with Gasteiger partial charge in [0.25, 0.3) is 0 Å². The summed E-state index contributed by atoms with van der Waals surface area (Å²) in [5, 5.41) is 4.34. The molecule has 0 aromatic carbocycles. The van der Waals surface area contributed by atoms with Crippen LogP contribution in [0, 0.1) is 5.92 Å². The quantitative estimate of drug-likeness (QED) is 0.514. The summed E-state index contributed by atoms with van der Waals surface area (Å²) in [7, 11) is -1.16. The van der Waals surface area contributed by atoms with E-state index >= 15 is 0 Å². The number of hydrogen-bond donors (Lipinski definition) is 0. The molecule has 1 heterocycles. The molecule has 0 atom stereocenters. The molecule has 1 aromatic rings. The predicted octanol–water partition coefficient (Wildman–Crippen LogP) is 3.70. The second-order valence-electron chi connectivity index (χ2n) is 7.05. The number of aryl methyl sites for hydroxylation is 1. The van der Waals surface area contributed by atoms with E-state index in [1.807, 2.05) is 19.3 Å². The first-order valence-corrected chi connectivity index (χ1v) is 11.0. The van der Waals surface area contributed by atoms with Crippen LogP contribution < -0.4 is 0 Å². The van der Waals surface area contributed by atoms with Gasteiger partial charge in [0.15, 0.2) is 0 Å². The van der Waals surface area contributed by atoms with Gasteiger partial charge in [-0.25, -0.2) is 8.42 Å². The van der Waals surface area contributed by atoms with E-state index in [9.17, 15) is 8.42 Å². The Labute approximate surface area is 157 Å². The van der Waals surface area contributed by atoms with Crippen molar-refractivity contribution in [3.05, 3.63) is 47.8 Å². The van der Waals surface area contributed by atoms with Crippen LogP contribution in [0.4, 0.5) is 0 Å². The van der Waals surface area contributed by atoms with Crippen LogP contribution in [0.15, 0.2) is 47.3 Å². The molecule has 1 saturated carbocycles. The topological polar surface area (TPSA) is 64.3 Å². The molecule has 1 aliphatic carbocycles. The Bertz CT molecular complexity index is 849. The van der Waals surface area contributed by atoms with Crippen LogP contribution in [0.25, 0.3) is 5.57 Å². The van der Waals surface area contributed by atoms with Crippen molar-refractivity contribution in [2.75, 3.05) is 19.1 Å². The van der Waals surface area contributed by atoms with E-state index in [0.717, 1.165) is 22.4 Å². The third-order valence-corrected chi connectivity index (χ3v) is 5.60. The Morgan fingerprint density at radius 1 is 1.42 bits per heavy atom. The van der Waals surface area contributed by atoms with Gasteiger partial charge in [-0.3, -0.25) is 9.67 Å². The molecule has 0 N–H and O–H groups in total. The van der Waals surface area contributed by atoms with Crippen LogP contribution in [0.3, 0.4) is 0 Å². The molecule has 0 bridgehead atoms. The Balaban J connectivity index is 2.38. The number of nitrogens with zero attached hydrogens (tertiary/aromatic N) is 3. The summed E-state index contributed by atoms with van der Waals surface area (Å²) in [5.74, 6) is 0.590. The molecule has 0 amide bonds. The molecule has 1 aromatic heterocycles. The maximum atomic E-state index is 11.4. The van der Waals surface area contributed by atoms with Gasteiger partial charge in [0, 0.05) is 42.3 Å². The zero-order chi connectivity index (χ0) is 19.3. The van der Waals surface area contributed by atoms with Crippen LogP contribution in [-0.4, -0.2) is 43.0 Å². The van der Waals surface area contributed by atoms with E-state index in [2.05, 4.69) is 30.5 Å². The normalized spacial score (nSPS) is 16.3. The molecule has 2 rings (SSSR count). The van der Waals surface area contributed by atoms with Crippen molar-refractivity contribution in [2.24, 2.45) is 10.9 Å². The number of rotatable bonds is 8. The van der Waals surface area contributed by atoms with Crippen molar-refractivity contribution in [2.45, 2.75) is 39.7 Å². The van der Waals surface area contributed by atoms with Crippen molar-refractivity contribution in [3.8, 4) is 0 Å². The zero-order valence-electron chi connectivity index (χ0n) is 16.2. The van der Waals surface area contributed by atoms with E-state index in [-0.39, 0.29) is 5.75 Å². The van der Waals surface area contributed by atoms with Crippen molar-refractivity contribution >= 4 is 21.1 Å². The fourth-order valence-electron chi connectivity index (χ4n) is 3.17. The van der Waals surface area contributed by atoms with E-state index in [4.69, 9.17) is 0 Å². The number of allylic oxidation sites excluding steroid dienone is 5. The molecule has 0 aliphatic heterocycles. The van der Waals surface area contributed by atoms with E-state index in [0.29, 0.717) is 12.5 Å². The Morgan fingerprint density at radius 3 is 2.58 bits per heavy atom. The molecule has 26 heavy (non-hydrogen) atoms. The van der Waals surface area contributed by atoms with Crippen LogP contribution >= 0.6 is 0 Å². The summed E-state index contributed by atoms with van der Waals surface area (Å²) in [4.78, 5) is 4.61. The summed E-state index contributed by atoms with van der Waals surface area (Å²) >= 11 is 0. The van der Waals surface area contributed by atoms with E-state index in [1.165, 1.54) is 31.1 Å². The smallest absolute Gasteiger partial charge is 0.149 e. The lowest BCUT2D eigenvalue weighted by atomic mass is 9.76. The lowest BCUT2D eigenvalue weighted by Gasteiger charge is -2.30. The molecule has 1 aliphatic rings. The van der Waals surface area contributed by atoms with Gasteiger partial charge < -0.3 is 0 Å². The number of aliphatic imine (C=N–C) groups is 1. The lowest BCUT2D eigenvalue weighted by Crippen LogP contribution is -2.25. The Morgan fingerprint density at radius 2 is 2.12 bits per heavy atom. The average Bonchev–Trinajstić information content (AvgIpc) is 2.97. The summed E-state index contributed by atoms with van der Waals surface area (Å²) in [6.07, 6.45) is 12.3. The molecule has 0 spiro atoms. The molecule has 0 unspecified atom stereocenters. The number of aromatic nitrogens is 2. The molecule has 142 valence electrons. The lowest BCUT2D eigenvalue weighted by molar-refractivity contribution is 0.413. The molecule has 0 saturated heterocycles. The highest BCUT2D eigenvalue weighted by atomic mass is 32.2. The number of sulfone groups is 1. The number of hydrogen-bond acceptors (Lipinski definition) is 4. The highest BCUT2D eigenvalue weighted by Gasteiger charge is 2.28. The summed E-state index contributed by atoms with van der Waals surface area (Å²) in [6, 6.07) is 0. The van der Waals surface area contributed by atoms with Gasteiger partial charge in [-0.15, -0.1) is 0 Å². The largest absolute Gasteiger partial charge is 0.292 e. The first-order chi connectivity index (χ1) is 12.3. The van der Waals surface area contributed by atoms with Crippen molar-refractivity contribution in [3.63, 3.8) is 0 Å². The molecule has 1 fully saturated rings. The summed E-state index contributed by atoms with van der Waals surface area (Å²) < 4.78 is 24.5. The molecular weight excluding hydrogens is 346 g/mol. The van der Waals surface area contributed by atoms with Crippen molar-refractivity contribution in [1.82, 2.24) is 9.78 Å². The fraction of sp³-hybridized carbons (Fsp3) is 0.500. The summed E-state index contributed by atoms with van der Waals surface area (Å²) in [6.45, 7) is 8.41. The van der Waals surface area contributed by atoms with Gasteiger partial charge in [0.1, 0.15) is 9.84 Å². The van der Waals surface area contributed by atoms with Crippen molar-refractivity contribution in [1.29, 1.82) is 0 Å². The van der Waals surface area contributed by atoms with Crippen LogP contribution in [0.1, 0.15) is 38.7 Å². The molecule has 6 heteroatoms. The minimum atomic E-state index is -3.02. The Hall–Kier alpha value is -1.95. The van der Waals surface area contributed by atoms with Gasteiger partial charge >= 0.3 is 0 Å². The van der Waals surface area contributed by atoms with Gasteiger partial charge in [0.05, 0.1) is 18.5 Å². The average molecular weight is 376 g/mol. The zero-order valence-corrected chi connectivity index (χ0v) is 17.0. The highest BCUT2D eigenvalue weighted by Crippen LogP contribution is 2.36. The standard InChI is InChI=1S/C20H29N3O2S/c1-6-8-18(17-13-22-23(14-17)11-12-26(5,24)25)19(15(2)3)20(21-4)16-9-7-10-16/h6,8,13-14,16H,1,7,9-12H2,2-5H3/b18-8-,21-20?. The molecule has 0 radical (unpaired) electrons. The minimum absolute atomic E-state index is 0.0773. The SMILES string of the molecule is C=C/C=C(\C(C(=NC)C1CCC1)=C(C)C)c1cnn(CCS(C)(=O)=O)c1. The van der Waals surface area contributed by atoms with Gasteiger partial charge in [-0.2, -0.15) is 5.10 Å². The fourth-order valence-corrected chi connectivity index (χ4v) is 3.69. The Kier molecular flexibility index (Phi) is 6.75. The van der Waals surface area contributed by atoms with Gasteiger partial charge in [-0.1, -0.05) is 30.7 Å². The summed E-state index contributed by atoms with van der Waals surface area (Å²) in [5.41, 5.74) is 5.50. The second-order valence-corrected chi connectivity index (χ2v) is 9.31. The third kappa shape index (κ3) is 5.04. The predicted molar refractivity (Wildman–Crippen MR) is 109 cm³/mol. The monoisotopic (exact) mass is 375 g/mol. The van der Waals surface area contributed by atoms with E-state index < -0.39 is 9.84 Å². The van der Waals surface area contributed by atoms with E-state index in [1.54, 1.807) is 17.0 Å². The molecule has 5 nitrogen and oxygen atoms in total. The highest BCUT2D eigenvalue weighted by molar-refractivity contribution is 7.90. The third-order valence-electron chi connectivity index (χ3n) is 4.68. The minimum Gasteiger partial charge on any atom is -0.292 e. The van der Waals surface area contributed by atoms with Crippen molar-refractivity contribution < 1.29 is 8.42 Å². The first kappa shape index (κ1) is 20.4.